The molecule has 0 spiro atoms. The summed E-state index contributed by atoms with van der Waals surface area (Å²) in [5, 5.41) is 10.7. The zero-order valence-electron chi connectivity index (χ0n) is 25.1. The van der Waals surface area contributed by atoms with Crippen LogP contribution in [0.15, 0.2) is 12.1 Å². The second kappa shape index (κ2) is 10.2. The first-order chi connectivity index (χ1) is 22.3. The molecule has 5 aliphatic rings. The van der Waals surface area contributed by atoms with Crippen molar-refractivity contribution in [3.8, 4) is 29.0 Å². The third-order valence-electron chi connectivity index (χ3n) is 10.4. The van der Waals surface area contributed by atoms with Crippen molar-refractivity contribution in [2.24, 2.45) is 5.92 Å². The Hall–Kier alpha value is -3.50. The van der Waals surface area contributed by atoms with Gasteiger partial charge in [-0.3, -0.25) is 4.90 Å². The molecule has 4 aliphatic heterocycles. The number of rotatable bonds is 5. The minimum atomic E-state index is -0.725. The molecule has 13 heteroatoms. The van der Waals surface area contributed by atoms with E-state index in [-0.39, 0.29) is 77.8 Å². The Bertz CT molecular complexity index is 2000. The van der Waals surface area contributed by atoms with Gasteiger partial charge in [-0.2, -0.15) is 15.2 Å². The quantitative estimate of drug-likeness (QED) is 0.264. The fourth-order valence-corrected chi connectivity index (χ4v) is 9.64. The molecule has 4 fully saturated rings. The minimum absolute atomic E-state index is 0.000643. The highest BCUT2D eigenvalue weighted by Crippen LogP contribution is 2.53. The number of ether oxygens (including phenoxy) is 3. The van der Waals surface area contributed by atoms with Gasteiger partial charge in [0.1, 0.15) is 40.9 Å². The van der Waals surface area contributed by atoms with Gasteiger partial charge < -0.3 is 24.8 Å². The number of fused-ring (bicyclic) bond motifs is 3. The molecule has 0 amide bonds. The van der Waals surface area contributed by atoms with Gasteiger partial charge in [0.2, 0.25) is 0 Å². The van der Waals surface area contributed by atoms with E-state index in [4.69, 9.17) is 41.5 Å². The fraction of sp³-hybridized carbons (Fsp3) is 0.485. The van der Waals surface area contributed by atoms with Crippen LogP contribution in [0.4, 0.5) is 19.6 Å². The molecule has 2 aromatic heterocycles. The van der Waals surface area contributed by atoms with Crippen LogP contribution in [0.3, 0.4) is 0 Å². The number of hydrogen-bond acceptors (Lipinski definition) is 10. The first-order valence-corrected chi connectivity index (χ1v) is 17.0. The molecule has 2 unspecified atom stereocenters. The highest BCUT2D eigenvalue weighted by molar-refractivity contribution is 7.23. The van der Waals surface area contributed by atoms with Gasteiger partial charge in [-0.1, -0.05) is 24.6 Å². The van der Waals surface area contributed by atoms with Crippen LogP contribution in [0.25, 0.3) is 32.1 Å². The highest BCUT2D eigenvalue weighted by atomic mass is 35.5. The van der Waals surface area contributed by atoms with E-state index >= 15 is 8.78 Å². The topological polar surface area (TPSA) is 110 Å². The van der Waals surface area contributed by atoms with Crippen LogP contribution in [-0.4, -0.2) is 71.5 Å². The highest BCUT2D eigenvalue weighted by Gasteiger charge is 2.49. The van der Waals surface area contributed by atoms with Gasteiger partial charge in [-0.15, -0.1) is 11.3 Å². The van der Waals surface area contributed by atoms with Crippen molar-refractivity contribution in [3.63, 3.8) is 0 Å². The Balaban J connectivity index is 1.28. The number of nitrogens with zero attached hydrogens (tertiary/aromatic N) is 5. The zero-order chi connectivity index (χ0) is 31.5. The molecule has 0 bridgehead atoms. The van der Waals surface area contributed by atoms with Gasteiger partial charge in [0.25, 0.3) is 0 Å². The summed E-state index contributed by atoms with van der Waals surface area (Å²) in [5.74, 6) is 0.0375. The van der Waals surface area contributed by atoms with Crippen molar-refractivity contribution in [2.45, 2.75) is 62.8 Å². The summed E-state index contributed by atoms with van der Waals surface area (Å²) in [5.41, 5.74) is 6.30. The van der Waals surface area contributed by atoms with Crippen molar-refractivity contribution in [1.82, 2.24) is 14.9 Å². The Morgan fingerprint density at radius 1 is 1.24 bits per heavy atom. The lowest BCUT2D eigenvalue weighted by molar-refractivity contribution is 0.107. The lowest BCUT2D eigenvalue weighted by Gasteiger charge is -2.32. The molecule has 1 aliphatic carbocycles. The number of nitrogens with two attached hydrogens (primary N) is 1. The van der Waals surface area contributed by atoms with Gasteiger partial charge in [0, 0.05) is 23.5 Å². The Morgan fingerprint density at radius 2 is 2.09 bits per heavy atom. The molecular weight excluding hydrogens is 634 g/mol. The maximum absolute atomic E-state index is 17.2. The molecule has 46 heavy (non-hydrogen) atoms. The van der Waals surface area contributed by atoms with E-state index in [2.05, 4.69) is 22.8 Å². The van der Waals surface area contributed by atoms with Crippen molar-refractivity contribution in [3.05, 3.63) is 34.4 Å². The van der Waals surface area contributed by atoms with Gasteiger partial charge in [0.05, 0.1) is 45.5 Å². The van der Waals surface area contributed by atoms with Crippen molar-refractivity contribution in [1.29, 1.82) is 5.26 Å². The minimum Gasteiger partial charge on any atom is -0.483 e. The molecule has 2 aromatic carbocycles. The van der Waals surface area contributed by atoms with E-state index in [1.165, 1.54) is 12.1 Å². The Labute approximate surface area is 272 Å². The second-order valence-electron chi connectivity index (χ2n) is 13.4. The van der Waals surface area contributed by atoms with Crippen LogP contribution in [0.1, 0.15) is 44.6 Å². The molecule has 0 radical (unpaired) electrons. The molecule has 4 aromatic rings. The van der Waals surface area contributed by atoms with Gasteiger partial charge >= 0.3 is 6.01 Å². The van der Waals surface area contributed by atoms with Crippen LogP contribution in [0, 0.1) is 28.9 Å². The number of benzene rings is 2. The van der Waals surface area contributed by atoms with Gasteiger partial charge in [-0.05, 0) is 56.2 Å². The molecule has 3 saturated heterocycles. The second-order valence-corrected chi connectivity index (χ2v) is 14.8. The van der Waals surface area contributed by atoms with Crippen molar-refractivity contribution < 1.29 is 23.0 Å². The average Bonchev–Trinajstić information content (AvgIpc) is 3.35. The van der Waals surface area contributed by atoms with E-state index < -0.39 is 11.6 Å². The summed E-state index contributed by atoms with van der Waals surface area (Å²) in [6.45, 7) is 5.51. The van der Waals surface area contributed by atoms with Crippen LogP contribution in [-0.2, 0) is 4.74 Å². The van der Waals surface area contributed by atoms with Gasteiger partial charge in [-0.25, -0.2) is 8.78 Å². The Kier molecular flexibility index (Phi) is 6.39. The molecule has 2 N–H and O–H groups in total. The molecule has 238 valence electrons. The largest absolute Gasteiger partial charge is 0.483 e. The number of hydrogen-bond donors (Lipinski definition) is 1. The number of anilines is 2. The van der Waals surface area contributed by atoms with Crippen molar-refractivity contribution in [2.75, 3.05) is 43.5 Å². The maximum atomic E-state index is 17.2. The number of nitrogen functional groups attached to an aromatic ring is 1. The van der Waals surface area contributed by atoms with Crippen LogP contribution in [0.2, 0.25) is 5.02 Å². The number of aromatic nitrogens is 2. The van der Waals surface area contributed by atoms with E-state index in [1.807, 2.05) is 0 Å². The lowest BCUT2D eigenvalue weighted by atomic mass is 9.92. The monoisotopic (exact) mass is 664 g/mol. The van der Waals surface area contributed by atoms with E-state index in [9.17, 15) is 5.26 Å². The number of halogens is 3. The van der Waals surface area contributed by atoms with E-state index in [1.54, 1.807) is 0 Å². The molecular formula is C33H31ClF2N6O3S. The van der Waals surface area contributed by atoms with Crippen LogP contribution >= 0.6 is 22.9 Å². The third kappa shape index (κ3) is 4.08. The van der Waals surface area contributed by atoms with Crippen molar-refractivity contribution >= 4 is 54.7 Å². The molecule has 1 saturated carbocycles. The summed E-state index contributed by atoms with van der Waals surface area (Å²) < 4.78 is 51.3. The molecule has 9 rings (SSSR count). The standard InChI is InChI=1S/C33H31ClF2N6O3S/c1-15-9-33(7-2-8-41(33)11-15)14-44-32-39-27-24-28(45-21-13-43-12-20(21)42(16-3-4-16)31(24)40-32)25(34)23(26(27)36)17-5-6-19(35)29-22(17)18(10-37)30(38)46-29/h5-6,15-16,20-21H,2-4,7-9,11-14,38H2,1H3/t15-,20?,21?,33+/m1/s1. The number of nitriles is 1. The van der Waals surface area contributed by atoms with E-state index in [0.717, 1.165) is 56.5 Å². The Morgan fingerprint density at radius 3 is 2.89 bits per heavy atom. The first-order valence-electron chi connectivity index (χ1n) is 15.8. The number of thiophene rings is 1. The summed E-state index contributed by atoms with van der Waals surface area (Å²) in [7, 11) is 0. The van der Waals surface area contributed by atoms with E-state index in [0.29, 0.717) is 36.9 Å². The predicted octanol–water partition coefficient (Wildman–Crippen LogP) is 6.28. The van der Waals surface area contributed by atoms with Gasteiger partial charge in [0.15, 0.2) is 11.6 Å². The average molecular weight is 665 g/mol. The SMILES string of the molecule is C[C@H]1CN2CCC[C@@]2(COc2nc3c4c(c(Cl)c(-c5ccc(F)c6sc(N)c(C#N)c56)c(F)c4n2)OC2COCC2N3C2CC2)C1. The summed E-state index contributed by atoms with van der Waals surface area (Å²) in [4.78, 5) is 14.4. The first kappa shape index (κ1) is 28.7. The fourth-order valence-electron chi connectivity index (χ4n) is 8.36. The normalized spacial score (nSPS) is 27.1. The lowest BCUT2D eigenvalue weighted by Crippen LogP contribution is -2.46. The zero-order valence-corrected chi connectivity index (χ0v) is 26.7. The summed E-state index contributed by atoms with van der Waals surface area (Å²) in [6.07, 6.45) is 4.72. The molecule has 6 heterocycles. The molecule has 9 nitrogen and oxygen atoms in total. The smallest absolute Gasteiger partial charge is 0.319 e. The predicted molar refractivity (Wildman–Crippen MR) is 172 cm³/mol. The summed E-state index contributed by atoms with van der Waals surface area (Å²) >= 11 is 8.06. The van der Waals surface area contributed by atoms with Crippen LogP contribution in [0.5, 0.6) is 11.8 Å². The van der Waals surface area contributed by atoms with Crippen LogP contribution < -0.4 is 20.1 Å². The maximum Gasteiger partial charge on any atom is 0.319 e. The third-order valence-corrected chi connectivity index (χ3v) is 11.8. The summed E-state index contributed by atoms with van der Waals surface area (Å²) in [6, 6.07) is 4.85. The molecule has 4 atom stereocenters.